The lowest BCUT2D eigenvalue weighted by atomic mass is 9.93. The standard InChI is InChI=1S/C23H26NOS2/c1-24(2)15-19(13-17-5-9-21(26-3)10-6-17)23(25)20(16-24)14-18-7-11-22(27-4)12-8-18/h5-14H,15-16H2,1-4H3/q+1. The van der Waals surface area contributed by atoms with Crippen LogP contribution in [0.1, 0.15) is 11.1 Å². The molecule has 2 aromatic carbocycles. The maximum atomic E-state index is 13.1. The molecule has 140 valence electrons. The summed E-state index contributed by atoms with van der Waals surface area (Å²) in [6.07, 6.45) is 8.24. The van der Waals surface area contributed by atoms with E-state index in [1.807, 2.05) is 0 Å². The number of thioether (sulfide) groups is 2. The summed E-state index contributed by atoms with van der Waals surface area (Å²) in [5.74, 6) is 0.176. The number of Topliss-reactive ketones (excluding diaryl/α,β-unsaturated/α-hetero) is 1. The van der Waals surface area contributed by atoms with Crippen molar-refractivity contribution < 1.29 is 9.28 Å². The van der Waals surface area contributed by atoms with Crippen molar-refractivity contribution in [2.24, 2.45) is 0 Å². The minimum atomic E-state index is 0.176. The fourth-order valence-electron chi connectivity index (χ4n) is 3.35. The molecule has 0 N–H and O–H groups in total. The zero-order valence-corrected chi connectivity index (χ0v) is 18.0. The SMILES string of the molecule is CSc1ccc(C=C2C[N+](C)(C)CC(=Cc3ccc(SC)cc3)C2=O)cc1. The minimum Gasteiger partial charge on any atom is -0.321 e. The van der Waals surface area contributed by atoms with Crippen LogP contribution in [0, 0.1) is 0 Å². The molecule has 2 aromatic rings. The van der Waals surface area contributed by atoms with Gasteiger partial charge in [-0.15, -0.1) is 23.5 Å². The van der Waals surface area contributed by atoms with E-state index in [4.69, 9.17) is 0 Å². The molecule has 1 heterocycles. The molecule has 1 fully saturated rings. The molecule has 0 aliphatic carbocycles. The molecule has 0 amide bonds. The maximum absolute atomic E-state index is 13.1. The topological polar surface area (TPSA) is 17.1 Å². The number of nitrogens with zero attached hydrogens (tertiary/aromatic N) is 1. The zero-order valence-electron chi connectivity index (χ0n) is 16.4. The summed E-state index contributed by atoms with van der Waals surface area (Å²) in [4.78, 5) is 15.6. The molecule has 0 radical (unpaired) electrons. The molecule has 0 unspecified atom stereocenters. The Bertz CT molecular complexity index is 806. The molecule has 3 rings (SSSR count). The highest BCUT2D eigenvalue weighted by atomic mass is 32.2. The summed E-state index contributed by atoms with van der Waals surface area (Å²) in [7, 11) is 4.36. The van der Waals surface area contributed by atoms with E-state index in [-0.39, 0.29) is 5.78 Å². The number of carbonyl (C=O) groups excluding carboxylic acids is 1. The molecule has 2 nitrogen and oxygen atoms in total. The molecule has 1 aliphatic rings. The fourth-order valence-corrected chi connectivity index (χ4v) is 4.17. The van der Waals surface area contributed by atoms with Gasteiger partial charge in [0, 0.05) is 9.79 Å². The van der Waals surface area contributed by atoms with Crippen molar-refractivity contribution in [3.8, 4) is 0 Å². The third-order valence-corrected chi connectivity index (χ3v) is 6.18. The number of quaternary nitrogens is 1. The average molecular weight is 397 g/mol. The number of rotatable bonds is 4. The van der Waals surface area contributed by atoms with Gasteiger partial charge in [-0.25, -0.2) is 0 Å². The van der Waals surface area contributed by atoms with Crippen LogP contribution >= 0.6 is 23.5 Å². The van der Waals surface area contributed by atoms with Crippen LogP contribution in [0.5, 0.6) is 0 Å². The summed E-state index contributed by atoms with van der Waals surface area (Å²) >= 11 is 3.45. The van der Waals surface area contributed by atoms with Gasteiger partial charge < -0.3 is 4.48 Å². The Kier molecular flexibility index (Phi) is 6.30. The third kappa shape index (κ3) is 5.16. The van der Waals surface area contributed by atoms with E-state index in [0.717, 1.165) is 39.8 Å². The second kappa shape index (κ2) is 8.51. The van der Waals surface area contributed by atoms with Crippen LogP contribution in [0.25, 0.3) is 12.2 Å². The number of hydrogen-bond acceptors (Lipinski definition) is 3. The summed E-state index contributed by atoms with van der Waals surface area (Å²) in [5, 5.41) is 0. The van der Waals surface area contributed by atoms with Crippen molar-refractivity contribution in [3.05, 3.63) is 70.8 Å². The first kappa shape index (κ1) is 20.0. The molecular formula is C23H26NOS2+. The largest absolute Gasteiger partial charge is 0.321 e. The van der Waals surface area contributed by atoms with E-state index < -0.39 is 0 Å². The maximum Gasteiger partial charge on any atom is 0.196 e. The Morgan fingerprint density at radius 2 is 1.11 bits per heavy atom. The van der Waals surface area contributed by atoms with E-state index >= 15 is 0 Å². The lowest BCUT2D eigenvalue weighted by Crippen LogP contribution is -2.48. The summed E-state index contributed by atoms with van der Waals surface area (Å²) < 4.78 is 0.787. The highest BCUT2D eigenvalue weighted by Gasteiger charge is 2.33. The molecule has 1 aliphatic heterocycles. The molecule has 0 saturated carbocycles. The first-order valence-electron chi connectivity index (χ1n) is 8.96. The molecular weight excluding hydrogens is 370 g/mol. The highest BCUT2D eigenvalue weighted by Crippen LogP contribution is 2.26. The van der Waals surface area contributed by atoms with E-state index in [1.54, 1.807) is 23.5 Å². The molecule has 0 atom stereocenters. The third-order valence-electron chi connectivity index (χ3n) is 4.69. The van der Waals surface area contributed by atoms with Crippen molar-refractivity contribution >= 4 is 41.5 Å². The van der Waals surface area contributed by atoms with Crippen molar-refractivity contribution in [1.82, 2.24) is 0 Å². The number of benzene rings is 2. The van der Waals surface area contributed by atoms with Crippen molar-refractivity contribution in [3.63, 3.8) is 0 Å². The van der Waals surface area contributed by atoms with Crippen LogP contribution in [-0.4, -0.2) is 50.0 Å². The summed E-state index contributed by atoms with van der Waals surface area (Å²) in [6.45, 7) is 1.51. The lowest BCUT2D eigenvalue weighted by Gasteiger charge is -2.35. The number of piperidine rings is 1. The zero-order chi connectivity index (χ0) is 19.4. The van der Waals surface area contributed by atoms with Crippen LogP contribution < -0.4 is 0 Å². The van der Waals surface area contributed by atoms with Crippen LogP contribution in [0.4, 0.5) is 0 Å². The van der Waals surface area contributed by atoms with Crippen LogP contribution in [0.3, 0.4) is 0 Å². The van der Waals surface area contributed by atoms with Gasteiger partial charge in [0.15, 0.2) is 5.78 Å². The average Bonchev–Trinajstić information content (AvgIpc) is 2.66. The van der Waals surface area contributed by atoms with Crippen LogP contribution in [-0.2, 0) is 4.79 Å². The Balaban J connectivity index is 1.92. The number of ketones is 1. The van der Waals surface area contributed by atoms with Gasteiger partial charge in [-0.05, 0) is 60.1 Å². The molecule has 4 heteroatoms. The first-order valence-corrected chi connectivity index (χ1v) is 11.4. The van der Waals surface area contributed by atoms with Gasteiger partial charge >= 0.3 is 0 Å². The number of likely N-dealkylation sites (N-methyl/N-ethyl adjacent to an activating group) is 1. The molecule has 27 heavy (non-hydrogen) atoms. The second-order valence-electron chi connectivity index (χ2n) is 7.47. The van der Waals surface area contributed by atoms with Gasteiger partial charge in [-0.3, -0.25) is 4.79 Å². The predicted molar refractivity (Wildman–Crippen MR) is 119 cm³/mol. The predicted octanol–water partition coefficient (Wildman–Crippen LogP) is 5.26. The monoisotopic (exact) mass is 396 g/mol. The van der Waals surface area contributed by atoms with Gasteiger partial charge in [0.2, 0.25) is 0 Å². The molecule has 1 saturated heterocycles. The van der Waals surface area contributed by atoms with E-state index in [9.17, 15) is 4.79 Å². The van der Waals surface area contributed by atoms with Crippen molar-refractivity contribution in [2.45, 2.75) is 9.79 Å². The van der Waals surface area contributed by atoms with Gasteiger partial charge in [-0.2, -0.15) is 0 Å². The quantitative estimate of drug-likeness (QED) is 0.399. The Morgan fingerprint density at radius 1 is 0.741 bits per heavy atom. The summed E-state index contributed by atoms with van der Waals surface area (Å²) in [5.41, 5.74) is 3.94. The smallest absolute Gasteiger partial charge is 0.196 e. The van der Waals surface area contributed by atoms with E-state index in [2.05, 4.69) is 87.3 Å². The normalized spacial score (nSPS) is 19.6. The second-order valence-corrected chi connectivity index (χ2v) is 9.23. The first-order chi connectivity index (χ1) is 12.9. The Labute approximate surface area is 170 Å². The van der Waals surface area contributed by atoms with Gasteiger partial charge in [0.05, 0.1) is 25.2 Å². The van der Waals surface area contributed by atoms with Crippen LogP contribution in [0.15, 0.2) is 69.5 Å². The molecule has 0 bridgehead atoms. The van der Waals surface area contributed by atoms with Gasteiger partial charge in [-0.1, -0.05) is 24.3 Å². The Hall–Kier alpha value is -1.75. The fraction of sp³-hybridized carbons (Fsp3) is 0.261. The van der Waals surface area contributed by atoms with E-state index in [0.29, 0.717) is 0 Å². The number of carbonyl (C=O) groups is 1. The number of hydrogen-bond donors (Lipinski definition) is 0. The highest BCUT2D eigenvalue weighted by molar-refractivity contribution is 7.98. The minimum absolute atomic E-state index is 0.176. The molecule has 0 spiro atoms. The lowest BCUT2D eigenvalue weighted by molar-refractivity contribution is -0.881. The summed E-state index contributed by atoms with van der Waals surface area (Å²) in [6, 6.07) is 16.8. The molecule has 0 aromatic heterocycles. The van der Waals surface area contributed by atoms with Gasteiger partial charge in [0.1, 0.15) is 13.1 Å². The van der Waals surface area contributed by atoms with Crippen LogP contribution in [0.2, 0.25) is 0 Å². The van der Waals surface area contributed by atoms with Gasteiger partial charge in [0.25, 0.3) is 0 Å². The van der Waals surface area contributed by atoms with Crippen molar-refractivity contribution in [2.75, 3.05) is 39.7 Å². The Morgan fingerprint density at radius 3 is 1.44 bits per heavy atom. The van der Waals surface area contributed by atoms with Crippen molar-refractivity contribution in [1.29, 1.82) is 0 Å². The number of likely N-dealkylation sites (tertiary alicyclic amines) is 1. The van der Waals surface area contributed by atoms with E-state index in [1.165, 1.54) is 9.79 Å².